The molecule has 0 aliphatic rings. The van der Waals surface area contributed by atoms with Gasteiger partial charge in [0.05, 0.1) is 6.54 Å². The largest absolute Gasteiger partial charge is 0.464 e. The molecule has 0 saturated heterocycles. The van der Waals surface area contributed by atoms with E-state index in [1.54, 1.807) is 0 Å². The molecule has 0 spiro atoms. The van der Waals surface area contributed by atoms with Crippen molar-refractivity contribution in [3.05, 3.63) is 58.5 Å². The fraction of sp³-hybridized carbons (Fsp3) is 0.167. The van der Waals surface area contributed by atoms with Crippen LogP contribution in [-0.4, -0.2) is 0 Å². The minimum absolute atomic E-state index is 0.440. The van der Waals surface area contributed by atoms with Crippen LogP contribution in [0.3, 0.4) is 0 Å². The Morgan fingerprint density at radius 3 is 2.60 bits per heavy atom. The van der Waals surface area contributed by atoms with Gasteiger partial charge in [-0.25, -0.2) is 0 Å². The molecule has 0 atom stereocenters. The number of halogens is 1. The average Bonchev–Trinajstić information content (AvgIpc) is 2.65. The molecule has 0 aliphatic carbocycles. The SMILES string of the molecule is NCc1ccc(Cc2cccc(Cl)c2)o1. The lowest BCUT2D eigenvalue weighted by Crippen LogP contribution is -1.93. The molecular formula is C12H12ClNO. The summed E-state index contributed by atoms with van der Waals surface area (Å²) in [4.78, 5) is 0. The van der Waals surface area contributed by atoms with E-state index in [2.05, 4.69) is 0 Å². The molecule has 2 rings (SSSR count). The molecular weight excluding hydrogens is 210 g/mol. The maximum Gasteiger partial charge on any atom is 0.117 e. The fourth-order valence-corrected chi connectivity index (χ4v) is 1.69. The second-order valence-corrected chi connectivity index (χ2v) is 3.82. The number of hydrogen-bond acceptors (Lipinski definition) is 2. The highest BCUT2D eigenvalue weighted by Crippen LogP contribution is 2.16. The molecule has 0 bridgehead atoms. The fourth-order valence-electron chi connectivity index (χ4n) is 1.48. The van der Waals surface area contributed by atoms with Crippen LogP contribution in [-0.2, 0) is 13.0 Å². The van der Waals surface area contributed by atoms with Crippen molar-refractivity contribution < 1.29 is 4.42 Å². The lowest BCUT2D eigenvalue weighted by atomic mass is 10.1. The molecule has 0 unspecified atom stereocenters. The van der Waals surface area contributed by atoms with Gasteiger partial charge in [0.15, 0.2) is 0 Å². The second kappa shape index (κ2) is 4.51. The van der Waals surface area contributed by atoms with Gasteiger partial charge in [-0.1, -0.05) is 23.7 Å². The van der Waals surface area contributed by atoms with Crippen molar-refractivity contribution in [2.24, 2.45) is 5.73 Å². The zero-order valence-electron chi connectivity index (χ0n) is 8.24. The normalized spacial score (nSPS) is 10.5. The van der Waals surface area contributed by atoms with Gasteiger partial charge in [-0.05, 0) is 29.8 Å². The molecule has 0 saturated carbocycles. The number of furan rings is 1. The first-order valence-corrected chi connectivity index (χ1v) is 5.18. The highest BCUT2D eigenvalue weighted by atomic mass is 35.5. The zero-order chi connectivity index (χ0) is 10.7. The maximum absolute atomic E-state index is 5.89. The molecule has 0 aliphatic heterocycles. The molecule has 1 aromatic heterocycles. The summed E-state index contributed by atoms with van der Waals surface area (Å²) < 4.78 is 5.51. The van der Waals surface area contributed by atoms with Crippen molar-refractivity contribution >= 4 is 11.6 Å². The standard InChI is InChI=1S/C12H12ClNO/c13-10-3-1-2-9(6-10)7-11-4-5-12(8-14)15-11/h1-6H,7-8,14H2. The predicted octanol–water partition coefficient (Wildman–Crippen LogP) is 2.98. The summed E-state index contributed by atoms with van der Waals surface area (Å²) in [6.45, 7) is 0.440. The summed E-state index contributed by atoms with van der Waals surface area (Å²) >= 11 is 5.89. The van der Waals surface area contributed by atoms with Crippen LogP contribution in [0.2, 0.25) is 5.02 Å². The molecule has 78 valence electrons. The molecule has 15 heavy (non-hydrogen) atoms. The van der Waals surface area contributed by atoms with Crippen molar-refractivity contribution in [1.29, 1.82) is 0 Å². The third-order valence-electron chi connectivity index (χ3n) is 2.19. The van der Waals surface area contributed by atoms with E-state index < -0.39 is 0 Å². The van der Waals surface area contributed by atoms with E-state index in [0.29, 0.717) is 6.54 Å². The highest BCUT2D eigenvalue weighted by molar-refractivity contribution is 6.30. The van der Waals surface area contributed by atoms with Gasteiger partial charge in [0.25, 0.3) is 0 Å². The summed E-state index contributed by atoms with van der Waals surface area (Å²) in [7, 11) is 0. The smallest absolute Gasteiger partial charge is 0.117 e. The Hall–Kier alpha value is -1.25. The first-order valence-electron chi connectivity index (χ1n) is 4.80. The predicted molar refractivity (Wildman–Crippen MR) is 60.9 cm³/mol. The number of rotatable bonds is 3. The van der Waals surface area contributed by atoms with Crippen LogP contribution in [0.25, 0.3) is 0 Å². The molecule has 2 N–H and O–H groups in total. The van der Waals surface area contributed by atoms with Crippen LogP contribution in [0, 0.1) is 0 Å². The van der Waals surface area contributed by atoms with E-state index in [0.717, 1.165) is 28.5 Å². The van der Waals surface area contributed by atoms with Crippen LogP contribution < -0.4 is 5.73 Å². The number of hydrogen-bond donors (Lipinski definition) is 1. The van der Waals surface area contributed by atoms with Crippen molar-refractivity contribution in [1.82, 2.24) is 0 Å². The van der Waals surface area contributed by atoms with Gasteiger partial charge < -0.3 is 10.2 Å². The Bertz CT molecular complexity index is 450. The molecule has 1 aromatic carbocycles. The second-order valence-electron chi connectivity index (χ2n) is 3.38. The lowest BCUT2D eigenvalue weighted by molar-refractivity contribution is 0.475. The molecule has 2 nitrogen and oxygen atoms in total. The zero-order valence-corrected chi connectivity index (χ0v) is 9.00. The summed E-state index contributed by atoms with van der Waals surface area (Å²) in [5.41, 5.74) is 6.61. The van der Waals surface area contributed by atoms with Crippen LogP contribution in [0.15, 0.2) is 40.8 Å². The quantitative estimate of drug-likeness (QED) is 0.866. The van der Waals surface area contributed by atoms with E-state index in [1.807, 2.05) is 36.4 Å². The summed E-state index contributed by atoms with van der Waals surface area (Å²) in [6, 6.07) is 11.6. The third kappa shape index (κ3) is 2.61. The topological polar surface area (TPSA) is 39.2 Å². The minimum Gasteiger partial charge on any atom is -0.464 e. The van der Waals surface area contributed by atoms with Crippen LogP contribution >= 0.6 is 11.6 Å². The lowest BCUT2D eigenvalue weighted by Gasteiger charge is -1.98. The molecule has 1 heterocycles. The van der Waals surface area contributed by atoms with Gasteiger partial charge in [0.1, 0.15) is 11.5 Å². The van der Waals surface area contributed by atoms with E-state index in [-0.39, 0.29) is 0 Å². The van der Waals surface area contributed by atoms with E-state index >= 15 is 0 Å². The van der Waals surface area contributed by atoms with Gasteiger partial charge in [-0.3, -0.25) is 0 Å². The molecule has 0 fully saturated rings. The molecule has 0 amide bonds. The van der Waals surface area contributed by atoms with Crippen LogP contribution in [0.1, 0.15) is 17.1 Å². The Kier molecular flexibility index (Phi) is 3.09. The van der Waals surface area contributed by atoms with Crippen LogP contribution in [0.5, 0.6) is 0 Å². The van der Waals surface area contributed by atoms with E-state index in [4.69, 9.17) is 21.8 Å². The Morgan fingerprint density at radius 2 is 1.93 bits per heavy atom. The Balaban J connectivity index is 2.14. The molecule has 2 aromatic rings. The summed E-state index contributed by atoms with van der Waals surface area (Å²) in [5.74, 6) is 1.73. The van der Waals surface area contributed by atoms with Crippen molar-refractivity contribution in [2.75, 3.05) is 0 Å². The van der Waals surface area contributed by atoms with Gasteiger partial charge in [0, 0.05) is 11.4 Å². The van der Waals surface area contributed by atoms with Gasteiger partial charge >= 0.3 is 0 Å². The van der Waals surface area contributed by atoms with Crippen molar-refractivity contribution in [3.8, 4) is 0 Å². The molecule has 0 radical (unpaired) electrons. The minimum atomic E-state index is 0.440. The number of nitrogens with two attached hydrogens (primary N) is 1. The van der Waals surface area contributed by atoms with Gasteiger partial charge in [-0.15, -0.1) is 0 Å². The maximum atomic E-state index is 5.89. The van der Waals surface area contributed by atoms with E-state index in [9.17, 15) is 0 Å². The highest BCUT2D eigenvalue weighted by Gasteiger charge is 2.02. The summed E-state index contributed by atoms with van der Waals surface area (Å²) in [5, 5.41) is 0.748. The van der Waals surface area contributed by atoms with Crippen molar-refractivity contribution in [2.45, 2.75) is 13.0 Å². The average molecular weight is 222 g/mol. The van der Waals surface area contributed by atoms with Crippen molar-refractivity contribution in [3.63, 3.8) is 0 Å². The third-order valence-corrected chi connectivity index (χ3v) is 2.42. The molecule has 3 heteroatoms. The Morgan fingerprint density at radius 1 is 1.13 bits per heavy atom. The van der Waals surface area contributed by atoms with Gasteiger partial charge in [-0.2, -0.15) is 0 Å². The van der Waals surface area contributed by atoms with Gasteiger partial charge in [0.2, 0.25) is 0 Å². The monoisotopic (exact) mass is 221 g/mol. The summed E-state index contributed by atoms with van der Waals surface area (Å²) in [6.07, 6.45) is 0.751. The Labute approximate surface area is 93.7 Å². The first kappa shape index (κ1) is 10.3. The number of benzene rings is 1. The van der Waals surface area contributed by atoms with Crippen LogP contribution in [0.4, 0.5) is 0 Å². The van der Waals surface area contributed by atoms with E-state index in [1.165, 1.54) is 0 Å². The first-order chi connectivity index (χ1) is 7.28.